The minimum absolute atomic E-state index is 0.0127. The van der Waals surface area contributed by atoms with E-state index in [4.69, 9.17) is 12.2 Å². The summed E-state index contributed by atoms with van der Waals surface area (Å²) in [6.45, 7) is 6.23. The van der Waals surface area contributed by atoms with Crippen LogP contribution in [0.2, 0.25) is 0 Å². The molecule has 14 heavy (non-hydrogen) atoms. The summed E-state index contributed by atoms with van der Waals surface area (Å²) in [5.74, 6) is 0. The van der Waals surface area contributed by atoms with Crippen molar-refractivity contribution in [1.82, 2.24) is 10.9 Å². The van der Waals surface area contributed by atoms with Gasteiger partial charge in [0.15, 0.2) is 0 Å². The Morgan fingerprint density at radius 2 is 1.71 bits per heavy atom. The molecule has 1 rings (SSSR count). The second-order valence-electron chi connectivity index (χ2n) is 4.20. The van der Waals surface area contributed by atoms with Gasteiger partial charge in [0.2, 0.25) is 0 Å². The molecule has 0 unspecified atom stereocenters. The highest BCUT2D eigenvalue weighted by molar-refractivity contribution is 7.80. The van der Waals surface area contributed by atoms with Crippen molar-refractivity contribution in [3.05, 3.63) is 35.9 Å². The van der Waals surface area contributed by atoms with E-state index in [9.17, 15) is 0 Å². The van der Waals surface area contributed by atoms with E-state index in [0.717, 1.165) is 10.6 Å². The topological polar surface area (TPSA) is 24.1 Å². The molecule has 0 aliphatic heterocycles. The van der Waals surface area contributed by atoms with E-state index in [-0.39, 0.29) is 5.54 Å². The van der Waals surface area contributed by atoms with Crippen molar-refractivity contribution in [3.8, 4) is 0 Å². The molecule has 0 bridgehead atoms. The number of hydrogen-bond acceptors (Lipinski definition) is 2. The second-order valence-corrected chi connectivity index (χ2v) is 4.60. The molecular weight excluding hydrogens is 192 g/mol. The number of nitrogens with one attached hydrogen (secondary N) is 2. The lowest BCUT2D eigenvalue weighted by molar-refractivity contribution is 0.405. The fraction of sp³-hybridized carbons (Fsp3) is 0.364. The zero-order valence-corrected chi connectivity index (χ0v) is 9.61. The first-order valence-corrected chi connectivity index (χ1v) is 5.02. The van der Waals surface area contributed by atoms with Crippen LogP contribution in [0.4, 0.5) is 0 Å². The number of benzene rings is 1. The van der Waals surface area contributed by atoms with Crippen molar-refractivity contribution in [2.24, 2.45) is 0 Å². The van der Waals surface area contributed by atoms with Crippen molar-refractivity contribution in [1.29, 1.82) is 0 Å². The Morgan fingerprint density at radius 1 is 1.14 bits per heavy atom. The van der Waals surface area contributed by atoms with Crippen LogP contribution in [0.25, 0.3) is 0 Å². The van der Waals surface area contributed by atoms with E-state index in [1.165, 1.54) is 0 Å². The van der Waals surface area contributed by atoms with Gasteiger partial charge in [0.05, 0.1) is 0 Å². The summed E-state index contributed by atoms with van der Waals surface area (Å²) < 4.78 is 0. The predicted molar refractivity (Wildman–Crippen MR) is 64.2 cm³/mol. The van der Waals surface area contributed by atoms with Gasteiger partial charge in [0.1, 0.15) is 4.99 Å². The Balaban J connectivity index is 2.52. The lowest BCUT2D eigenvalue weighted by Gasteiger charge is -2.22. The normalized spacial score (nSPS) is 11.1. The number of hydrazine groups is 1. The van der Waals surface area contributed by atoms with Crippen molar-refractivity contribution in [2.75, 3.05) is 0 Å². The standard InChI is InChI=1S/C11H16N2S/c1-11(2,3)13-12-10(14)9-7-5-4-6-8-9/h4-8,13H,1-3H3,(H,12,14). The third-order valence-electron chi connectivity index (χ3n) is 1.59. The van der Waals surface area contributed by atoms with E-state index in [1.54, 1.807) is 0 Å². The Morgan fingerprint density at radius 3 is 2.21 bits per heavy atom. The highest BCUT2D eigenvalue weighted by Gasteiger charge is 2.09. The van der Waals surface area contributed by atoms with E-state index >= 15 is 0 Å². The molecule has 2 N–H and O–H groups in total. The van der Waals surface area contributed by atoms with E-state index < -0.39 is 0 Å². The van der Waals surface area contributed by atoms with Crippen molar-refractivity contribution < 1.29 is 0 Å². The van der Waals surface area contributed by atoms with Gasteiger partial charge in [-0.05, 0) is 20.8 Å². The molecule has 2 nitrogen and oxygen atoms in total. The smallest absolute Gasteiger partial charge is 0.120 e. The zero-order chi connectivity index (χ0) is 10.6. The quantitative estimate of drug-likeness (QED) is 0.576. The highest BCUT2D eigenvalue weighted by atomic mass is 32.1. The largest absolute Gasteiger partial charge is 0.311 e. The minimum atomic E-state index is 0.0127. The summed E-state index contributed by atoms with van der Waals surface area (Å²) in [6.07, 6.45) is 0. The SMILES string of the molecule is CC(C)(C)NNC(=S)c1ccccc1. The van der Waals surface area contributed by atoms with Gasteiger partial charge >= 0.3 is 0 Å². The Labute approximate surface area is 90.7 Å². The first-order chi connectivity index (χ1) is 6.49. The van der Waals surface area contributed by atoms with Gasteiger partial charge in [-0.2, -0.15) is 0 Å². The lowest BCUT2D eigenvalue weighted by Crippen LogP contribution is -2.48. The van der Waals surface area contributed by atoms with Gasteiger partial charge in [-0.15, -0.1) is 0 Å². The molecule has 0 saturated carbocycles. The fourth-order valence-corrected chi connectivity index (χ4v) is 1.09. The molecule has 0 amide bonds. The van der Waals surface area contributed by atoms with Crippen LogP contribution in [0, 0.1) is 0 Å². The van der Waals surface area contributed by atoms with Crippen LogP contribution >= 0.6 is 12.2 Å². The van der Waals surface area contributed by atoms with Gasteiger partial charge in [-0.3, -0.25) is 0 Å². The van der Waals surface area contributed by atoms with Crippen LogP contribution in [-0.4, -0.2) is 10.5 Å². The molecule has 0 aliphatic carbocycles. The van der Waals surface area contributed by atoms with Crippen LogP contribution < -0.4 is 10.9 Å². The molecule has 0 saturated heterocycles. The molecule has 3 heteroatoms. The highest BCUT2D eigenvalue weighted by Crippen LogP contribution is 2.00. The molecule has 76 valence electrons. The van der Waals surface area contributed by atoms with Crippen LogP contribution in [0.15, 0.2) is 30.3 Å². The second kappa shape index (κ2) is 4.53. The maximum Gasteiger partial charge on any atom is 0.120 e. The van der Waals surface area contributed by atoms with Gasteiger partial charge in [0, 0.05) is 11.1 Å². The van der Waals surface area contributed by atoms with E-state index in [0.29, 0.717) is 0 Å². The molecule has 0 spiro atoms. The fourth-order valence-electron chi connectivity index (χ4n) is 0.906. The molecule has 0 fully saturated rings. The molecule has 0 radical (unpaired) electrons. The third-order valence-corrected chi connectivity index (χ3v) is 1.92. The van der Waals surface area contributed by atoms with Gasteiger partial charge in [0.25, 0.3) is 0 Å². The number of rotatable bonds is 2. The summed E-state index contributed by atoms with van der Waals surface area (Å²) in [4.78, 5) is 0.723. The average Bonchev–Trinajstić information content (AvgIpc) is 2.14. The summed E-state index contributed by atoms with van der Waals surface area (Å²) in [5.41, 5.74) is 7.19. The maximum absolute atomic E-state index is 5.21. The summed E-state index contributed by atoms with van der Waals surface area (Å²) in [7, 11) is 0. The summed E-state index contributed by atoms with van der Waals surface area (Å²) in [6, 6.07) is 9.89. The third kappa shape index (κ3) is 3.85. The molecule has 1 aromatic carbocycles. The Hall–Kier alpha value is -0.930. The number of hydrogen-bond donors (Lipinski definition) is 2. The molecule has 0 atom stereocenters. The Kier molecular flexibility index (Phi) is 3.61. The van der Waals surface area contributed by atoms with Crippen molar-refractivity contribution >= 4 is 17.2 Å². The van der Waals surface area contributed by atoms with Gasteiger partial charge in [-0.1, -0.05) is 42.5 Å². The van der Waals surface area contributed by atoms with Crippen LogP contribution in [-0.2, 0) is 0 Å². The molecule has 0 aliphatic rings. The molecule has 0 aromatic heterocycles. The summed E-state index contributed by atoms with van der Waals surface area (Å²) in [5, 5.41) is 0. The minimum Gasteiger partial charge on any atom is -0.311 e. The van der Waals surface area contributed by atoms with Crippen molar-refractivity contribution in [2.45, 2.75) is 26.3 Å². The van der Waals surface area contributed by atoms with Gasteiger partial charge in [-0.25, -0.2) is 5.43 Å². The predicted octanol–water partition coefficient (Wildman–Crippen LogP) is 2.25. The van der Waals surface area contributed by atoms with Crippen LogP contribution in [0.5, 0.6) is 0 Å². The van der Waals surface area contributed by atoms with Gasteiger partial charge < -0.3 is 5.43 Å². The van der Waals surface area contributed by atoms with Crippen LogP contribution in [0.1, 0.15) is 26.3 Å². The molecular formula is C11H16N2S. The molecule has 1 aromatic rings. The maximum atomic E-state index is 5.21. The molecule has 0 heterocycles. The monoisotopic (exact) mass is 208 g/mol. The first-order valence-electron chi connectivity index (χ1n) is 4.61. The lowest BCUT2D eigenvalue weighted by atomic mass is 10.1. The van der Waals surface area contributed by atoms with E-state index in [2.05, 4.69) is 31.6 Å². The Bertz CT molecular complexity index is 301. The number of thiocarbonyl (C=S) groups is 1. The zero-order valence-electron chi connectivity index (χ0n) is 8.79. The average molecular weight is 208 g/mol. The first kappa shape index (κ1) is 11.1. The van der Waals surface area contributed by atoms with E-state index in [1.807, 2.05) is 30.3 Å². The summed E-state index contributed by atoms with van der Waals surface area (Å²) >= 11 is 5.21. The van der Waals surface area contributed by atoms with Crippen LogP contribution in [0.3, 0.4) is 0 Å². The van der Waals surface area contributed by atoms with Crippen molar-refractivity contribution in [3.63, 3.8) is 0 Å².